The van der Waals surface area contributed by atoms with Crippen LogP contribution < -0.4 is 14.8 Å². The van der Waals surface area contributed by atoms with E-state index in [0.717, 1.165) is 28.8 Å². The molecule has 1 N–H and O–H groups in total. The quantitative estimate of drug-likeness (QED) is 0.902. The summed E-state index contributed by atoms with van der Waals surface area (Å²) in [6.45, 7) is 5.96. The maximum absolute atomic E-state index is 12.7. The number of nitrogens with one attached hydrogen (secondary N) is 1. The molecule has 23 heavy (non-hydrogen) atoms. The van der Waals surface area contributed by atoms with Crippen molar-refractivity contribution in [3.05, 3.63) is 52.6 Å². The molecule has 4 heteroatoms. The predicted molar refractivity (Wildman–Crippen MR) is 92.8 cm³/mol. The number of ether oxygens (including phenoxy) is 2. The molecule has 0 aliphatic carbocycles. The average molecular weight is 313 g/mol. The molecule has 0 radical (unpaired) electrons. The van der Waals surface area contributed by atoms with E-state index in [1.807, 2.05) is 32.0 Å². The van der Waals surface area contributed by atoms with Crippen LogP contribution in [0.1, 0.15) is 34.0 Å². The van der Waals surface area contributed by atoms with Gasteiger partial charge in [0, 0.05) is 16.8 Å². The van der Waals surface area contributed by atoms with Gasteiger partial charge in [-0.1, -0.05) is 25.1 Å². The lowest BCUT2D eigenvalue weighted by atomic mass is 10.0. The molecule has 122 valence electrons. The van der Waals surface area contributed by atoms with Gasteiger partial charge in [-0.25, -0.2) is 0 Å². The summed E-state index contributed by atoms with van der Waals surface area (Å²) in [5, 5.41) is 3.02. The number of carbonyl (C=O) groups is 1. The van der Waals surface area contributed by atoms with Crippen LogP contribution in [0.3, 0.4) is 0 Å². The number of anilines is 1. The molecule has 0 aliphatic heterocycles. The van der Waals surface area contributed by atoms with Gasteiger partial charge in [0.15, 0.2) is 0 Å². The second kappa shape index (κ2) is 7.18. The number of amides is 1. The smallest absolute Gasteiger partial charge is 0.255 e. The second-order valence-electron chi connectivity index (χ2n) is 5.42. The number of rotatable bonds is 5. The van der Waals surface area contributed by atoms with Crippen molar-refractivity contribution in [3.63, 3.8) is 0 Å². The molecule has 0 bridgehead atoms. The summed E-state index contributed by atoms with van der Waals surface area (Å²) in [5.41, 5.74) is 4.41. The Balaban J connectivity index is 2.39. The SMILES string of the molecule is CCc1cccc(C)c1NC(=O)c1cc(OC)c(C)c(OC)c1. The van der Waals surface area contributed by atoms with E-state index in [1.165, 1.54) is 0 Å². The fraction of sp³-hybridized carbons (Fsp3) is 0.316. The Bertz CT molecular complexity index is 698. The molecule has 0 unspecified atom stereocenters. The van der Waals surface area contributed by atoms with Crippen LogP contribution >= 0.6 is 0 Å². The lowest BCUT2D eigenvalue weighted by Gasteiger charge is -2.15. The van der Waals surface area contributed by atoms with E-state index in [1.54, 1.807) is 26.4 Å². The van der Waals surface area contributed by atoms with Crippen LogP contribution in [0.25, 0.3) is 0 Å². The number of benzene rings is 2. The summed E-state index contributed by atoms with van der Waals surface area (Å²) in [5.74, 6) is 1.09. The van der Waals surface area contributed by atoms with Gasteiger partial charge in [0.2, 0.25) is 0 Å². The van der Waals surface area contributed by atoms with Gasteiger partial charge in [-0.15, -0.1) is 0 Å². The highest BCUT2D eigenvalue weighted by molar-refractivity contribution is 6.05. The molecule has 2 aromatic carbocycles. The topological polar surface area (TPSA) is 47.6 Å². The van der Waals surface area contributed by atoms with Crippen molar-refractivity contribution in [1.82, 2.24) is 0 Å². The normalized spacial score (nSPS) is 10.3. The van der Waals surface area contributed by atoms with Crippen molar-refractivity contribution in [2.75, 3.05) is 19.5 Å². The minimum Gasteiger partial charge on any atom is -0.496 e. The third-order valence-corrected chi connectivity index (χ3v) is 3.99. The Kier molecular flexibility index (Phi) is 5.27. The third kappa shape index (κ3) is 3.47. The van der Waals surface area contributed by atoms with Crippen molar-refractivity contribution < 1.29 is 14.3 Å². The van der Waals surface area contributed by atoms with E-state index in [9.17, 15) is 4.79 Å². The maximum Gasteiger partial charge on any atom is 0.255 e. The third-order valence-electron chi connectivity index (χ3n) is 3.99. The van der Waals surface area contributed by atoms with E-state index < -0.39 is 0 Å². The molecule has 0 saturated carbocycles. The predicted octanol–water partition coefficient (Wildman–Crippen LogP) is 4.14. The van der Waals surface area contributed by atoms with E-state index in [2.05, 4.69) is 12.2 Å². The highest BCUT2D eigenvalue weighted by atomic mass is 16.5. The molecular formula is C19H23NO3. The van der Waals surface area contributed by atoms with Gasteiger partial charge in [-0.2, -0.15) is 0 Å². The number of hydrogen-bond donors (Lipinski definition) is 1. The summed E-state index contributed by atoms with van der Waals surface area (Å²) in [6, 6.07) is 9.49. The second-order valence-corrected chi connectivity index (χ2v) is 5.42. The van der Waals surface area contributed by atoms with Crippen LogP contribution in [0.15, 0.2) is 30.3 Å². The van der Waals surface area contributed by atoms with Gasteiger partial charge < -0.3 is 14.8 Å². The van der Waals surface area contributed by atoms with E-state index >= 15 is 0 Å². The van der Waals surface area contributed by atoms with Gasteiger partial charge in [-0.3, -0.25) is 4.79 Å². The highest BCUT2D eigenvalue weighted by Crippen LogP contribution is 2.30. The Morgan fingerprint density at radius 3 is 2.22 bits per heavy atom. The largest absolute Gasteiger partial charge is 0.496 e. The van der Waals surface area contributed by atoms with Crippen molar-refractivity contribution in [1.29, 1.82) is 0 Å². The Morgan fingerprint density at radius 1 is 1.09 bits per heavy atom. The van der Waals surface area contributed by atoms with Gasteiger partial charge >= 0.3 is 0 Å². The summed E-state index contributed by atoms with van der Waals surface area (Å²) >= 11 is 0. The zero-order valence-corrected chi connectivity index (χ0v) is 14.3. The number of hydrogen-bond acceptors (Lipinski definition) is 3. The summed E-state index contributed by atoms with van der Waals surface area (Å²) in [6.07, 6.45) is 0.859. The minimum absolute atomic E-state index is 0.175. The number of aryl methyl sites for hydroxylation is 2. The van der Waals surface area contributed by atoms with Crippen molar-refractivity contribution in [2.45, 2.75) is 27.2 Å². The summed E-state index contributed by atoms with van der Waals surface area (Å²) in [7, 11) is 3.17. The van der Waals surface area contributed by atoms with Crippen molar-refractivity contribution in [2.24, 2.45) is 0 Å². The van der Waals surface area contributed by atoms with Crippen LogP contribution in [0, 0.1) is 13.8 Å². The summed E-state index contributed by atoms with van der Waals surface area (Å²) in [4.78, 5) is 12.7. The number of methoxy groups -OCH3 is 2. The van der Waals surface area contributed by atoms with Crippen LogP contribution in [-0.2, 0) is 6.42 Å². The van der Waals surface area contributed by atoms with E-state index in [0.29, 0.717) is 17.1 Å². The lowest BCUT2D eigenvalue weighted by molar-refractivity contribution is 0.102. The molecule has 2 aromatic rings. The van der Waals surface area contributed by atoms with Crippen LogP contribution in [0.2, 0.25) is 0 Å². The zero-order valence-electron chi connectivity index (χ0n) is 14.3. The standard InChI is InChI=1S/C19H23NO3/c1-6-14-9-7-8-12(2)18(14)20-19(21)15-10-16(22-4)13(3)17(11-15)23-5/h7-11H,6H2,1-5H3,(H,20,21). The van der Waals surface area contributed by atoms with Gasteiger partial charge in [0.05, 0.1) is 14.2 Å². The first kappa shape index (κ1) is 16.9. The minimum atomic E-state index is -0.175. The molecule has 0 spiro atoms. The molecule has 0 aromatic heterocycles. The van der Waals surface area contributed by atoms with E-state index in [-0.39, 0.29) is 5.91 Å². The van der Waals surface area contributed by atoms with Gasteiger partial charge in [-0.05, 0) is 43.5 Å². The molecule has 2 rings (SSSR count). The Labute approximate surface area is 137 Å². The Hall–Kier alpha value is -2.49. The Morgan fingerprint density at radius 2 is 1.70 bits per heavy atom. The first-order chi connectivity index (χ1) is 11.0. The fourth-order valence-electron chi connectivity index (χ4n) is 2.60. The molecule has 0 saturated heterocycles. The number of carbonyl (C=O) groups excluding carboxylic acids is 1. The molecular weight excluding hydrogens is 290 g/mol. The molecule has 0 aliphatic rings. The van der Waals surface area contributed by atoms with Crippen LogP contribution in [-0.4, -0.2) is 20.1 Å². The van der Waals surface area contributed by atoms with E-state index in [4.69, 9.17) is 9.47 Å². The molecule has 0 fully saturated rings. The molecule has 0 heterocycles. The van der Waals surface area contributed by atoms with Crippen molar-refractivity contribution >= 4 is 11.6 Å². The first-order valence-corrected chi connectivity index (χ1v) is 7.64. The van der Waals surface area contributed by atoms with Crippen LogP contribution in [0.5, 0.6) is 11.5 Å². The fourth-order valence-corrected chi connectivity index (χ4v) is 2.60. The first-order valence-electron chi connectivity index (χ1n) is 7.64. The van der Waals surface area contributed by atoms with Gasteiger partial charge in [0.1, 0.15) is 11.5 Å². The molecule has 1 amide bonds. The average Bonchev–Trinajstić information content (AvgIpc) is 2.56. The number of para-hydroxylation sites is 1. The monoisotopic (exact) mass is 313 g/mol. The van der Waals surface area contributed by atoms with Gasteiger partial charge in [0.25, 0.3) is 5.91 Å². The van der Waals surface area contributed by atoms with Crippen LogP contribution in [0.4, 0.5) is 5.69 Å². The van der Waals surface area contributed by atoms with Crippen molar-refractivity contribution in [3.8, 4) is 11.5 Å². The molecule has 0 atom stereocenters. The summed E-state index contributed by atoms with van der Waals surface area (Å²) < 4.78 is 10.7. The lowest BCUT2D eigenvalue weighted by Crippen LogP contribution is -2.15. The zero-order chi connectivity index (χ0) is 17.0. The highest BCUT2D eigenvalue weighted by Gasteiger charge is 2.15. The maximum atomic E-state index is 12.7. The molecule has 4 nitrogen and oxygen atoms in total.